The first-order valence-electron chi connectivity index (χ1n) is 8.38. The first-order chi connectivity index (χ1) is 13.7. The van der Waals surface area contributed by atoms with Crippen molar-refractivity contribution in [3.63, 3.8) is 0 Å². The van der Waals surface area contributed by atoms with Gasteiger partial charge >= 0.3 is 11.9 Å². The number of nitrogens with zero attached hydrogens (tertiary/aromatic N) is 1. The zero-order valence-electron chi connectivity index (χ0n) is 16.4. The lowest BCUT2D eigenvalue weighted by Gasteiger charge is -2.14. The molecule has 0 radical (unpaired) electrons. The normalized spacial score (nSPS) is 11.5. The summed E-state index contributed by atoms with van der Waals surface area (Å²) in [5.41, 5.74) is 0.805. The Morgan fingerprint density at radius 2 is 1.66 bits per heavy atom. The number of rotatable bonds is 7. The van der Waals surface area contributed by atoms with Crippen LogP contribution in [0.1, 0.15) is 15.9 Å². The van der Waals surface area contributed by atoms with Crippen LogP contribution >= 0.6 is 0 Å². The van der Waals surface area contributed by atoms with Crippen molar-refractivity contribution < 1.29 is 32.2 Å². The van der Waals surface area contributed by atoms with Gasteiger partial charge in [-0.1, -0.05) is 6.07 Å². The molecule has 0 saturated heterocycles. The van der Waals surface area contributed by atoms with Gasteiger partial charge in [-0.15, -0.1) is 0 Å². The summed E-state index contributed by atoms with van der Waals surface area (Å²) in [5.74, 6) is -0.712. The quantitative estimate of drug-likeness (QED) is 0.386. The molecule has 0 saturated carbocycles. The minimum Gasteiger partial charge on any atom is -0.495 e. The highest BCUT2D eigenvalue weighted by molar-refractivity contribution is 7.89. The number of esters is 2. The molecule has 2 rings (SSSR count). The lowest BCUT2D eigenvalue weighted by atomic mass is 10.2. The standard InChI is InChI=1S/C20H21NO7S/c1-21(2)29(24,25)18-13-14(5-11-17(18)26-3)6-12-19(22)28-16-9-7-15(8-10-16)20(23)27-4/h5-13H,1-4H3/b12-6+. The Kier molecular flexibility index (Phi) is 7.13. The Morgan fingerprint density at radius 1 is 1.00 bits per heavy atom. The van der Waals surface area contributed by atoms with Gasteiger partial charge in [0.25, 0.3) is 0 Å². The maximum absolute atomic E-state index is 12.4. The summed E-state index contributed by atoms with van der Waals surface area (Å²) < 4.78 is 40.8. The zero-order valence-corrected chi connectivity index (χ0v) is 17.2. The molecule has 2 aromatic rings. The third-order valence-corrected chi connectivity index (χ3v) is 5.69. The van der Waals surface area contributed by atoms with Gasteiger partial charge in [0.2, 0.25) is 10.0 Å². The number of carbonyl (C=O) groups is 2. The van der Waals surface area contributed by atoms with Crippen LogP contribution < -0.4 is 9.47 Å². The molecule has 0 aliphatic carbocycles. The van der Waals surface area contributed by atoms with Crippen molar-refractivity contribution in [1.29, 1.82) is 0 Å². The molecule has 0 heterocycles. The molecule has 29 heavy (non-hydrogen) atoms. The van der Waals surface area contributed by atoms with E-state index in [-0.39, 0.29) is 16.4 Å². The molecule has 2 aromatic carbocycles. The van der Waals surface area contributed by atoms with Gasteiger partial charge in [-0.25, -0.2) is 22.3 Å². The molecule has 0 unspecified atom stereocenters. The highest BCUT2D eigenvalue weighted by Gasteiger charge is 2.22. The number of methoxy groups -OCH3 is 2. The molecule has 0 aliphatic heterocycles. The van der Waals surface area contributed by atoms with Gasteiger partial charge in [0.05, 0.1) is 19.8 Å². The Labute approximate surface area is 169 Å². The number of benzene rings is 2. The molecule has 0 fully saturated rings. The van der Waals surface area contributed by atoms with E-state index in [1.165, 1.54) is 76.9 Å². The number of sulfonamides is 1. The van der Waals surface area contributed by atoms with Crippen LogP contribution in [-0.4, -0.2) is 53.0 Å². The third-order valence-electron chi connectivity index (χ3n) is 3.85. The Bertz CT molecular complexity index is 1030. The van der Waals surface area contributed by atoms with Crippen LogP contribution in [0.4, 0.5) is 0 Å². The largest absolute Gasteiger partial charge is 0.495 e. The second kappa shape index (κ2) is 9.35. The van der Waals surface area contributed by atoms with Gasteiger partial charge in [0.1, 0.15) is 16.4 Å². The van der Waals surface area contributed by atoms with Crippen molar-refractivity contribution in [2.75, 3.05) is 28.3 Å². The summed E-state index contributed by atoms with van der Waals surface area (Å²) in [4.78, 5) is 23.4. The van der Waals surface area contributed by atoms with Gasteiger partial charge in [-0.05, 0) is 48.0 Å². The molecule has 0 N–H and O–H groups in total. The van der Waals surface area contributed by atoms with Gasteiger partial charge in [0.15, 0.2) is 0 Å². The lowest BCUT2D eigenvalue weighted by Crippen LogP contribution is -2.22. The molecule has 0 aliphatic rings. The first-order valence-corrected chi connectivity index (χ1v) is 9.82. The summed E-state index contributed by atoms with van der Waals surface area (Å²) in [6.07, 6.45) is 2.60. The van der Waals surface area contributed by atoms with Crippen molar-refractivity contribution in [3.8, 4) is 11.5 Å². The van der Waals surface area contributed by atoms with E-state index in [0.717, 1.165) is 4.31 Å². The fraction of sp³-hybridized carbons (Fsp3) is 0.200. The fourth-order valence-electron chi connectivity index (χ4n) is 2.29. The maximum atomic E-state index is 12.4. The van der Waals surface area contributed by atoms with Crippen LogP contribution in [0.3, 0.4) is 0 Å². The van der Waals surface area contributed by atoms with E-state index < -0.39 is 22.0 Å². The molecular formula is C20H21NO7S. The summed E-state index contributed by atoms with van der Waals surface area (Å²) in [7, 11) is 1.76. The molecule has 0 atom stereocenters. The topological polar surface area (TPSA) is 99.2 Å². The smallest absolute Gasteiger partial charge is 0.337 e. The van der Waals surface area contributed by atoms with Crippen LogP contribution in [0.2, 0.25) is 0 Å². The second-order valence-corrected chi connectivity index (χ2v) is 8.09. The predicted octanol–water partition coefficient (Wildman–Crippen LogP) is 2.35. The number of ether oxygens (including phenoxy) is 3. The summed E-state index contributed by atoms with van der Waals surface area (Å²) in [6, 6.07) is 10.4. The molecule has 9 heteroatoms. The highest BCUT2D eigenvalue weighted by Crippen LogP contribution is 2.27. The highest BCUT2D eigenvalue weighted by atomic mass is 32.2. The van der Waals surface area contributed by atoms with E-state index in [4.69, 9.17) is 9.47 Å². The fourth-order valence-corrected chi connectivity index (χ4v) is 3.37. The van der Waals surface area contributed by atoms with E-state index in [0.29, 0.717) is 11.1 Å². The average Bonchev–Trinajstić information content (AvgIpc) is 2.71. The summed E-state index contributed by atoms with van der Waals surface area (Å²) in [5, 5.41) is 0. The summed E-state index contributed by atoms with van der Waals surface area (Å²) >= 11 is 0. The molecule has 8 nitrogen and oxygen atoms in total. The van der Waals surface area contributed by atoms with E-state index in [1.54, 1.807) is 6.07 Å². The van der Waals surface area contributed by atoms with Crippen LogP contribution in [0.15, 0.2) is 53.4 Å². The predicted molar refractivity (Wildman–Crippen MR) is 106 cm³/mol. The Hall–Kier alpha value is -3.17. The Balaban J connectivity index is 2.17. The summed E-state index contributed by atoms with van der Waals surface area (Å²) in [6.45, 7) is 0. The van der Waals surface area contributed by atoms with Crippen LogP contribution in [0.25, 0.3) is 6.08 Å². The zero-order chi connectivity index (χ0) is 21.6. The van der Waals surface area contributed by atoms with Gasteiger partial charge in [-0.2, -0.15) is 0 Å². The van der Waals surface area contributed by atoms with Crippen molar-refractivity contribution in [1.82, 2.24) is 4.31 Å². The Morgan fingerprint density at radius 3 is 2.21 bits per heavy atom. The molecule has 0 bridgehead atoms. The molecule has 0 spiro atoms. The van der Waals surface area contributed by atoms with Gasteiger partial charge in [0, 0.05) is 20.2 Å². The van der Waals surface area contributed by atoms with Crippen molar-refractivity contribution in [2.45, 2.75) is 4.90 Å². The molecular weight excluding hydrogens is 398 g/mol. The molecule has 0 aromatic heterocycles. The SMILES string of the molecule is COC(=O)c1ccc(OC(=O)/C=C/c2ccc(OC)c(S(=O)(=O)N(C)C)c2)cc1. The average molecular weight is 419 g/mol. The third kappa shape index (κ3) is 5.43. The lowest BCUT2D eigenvalue weighted by molar-refractivity contribution is -0.128. The number of hydrogen-bond acceptors (Lipinski definition) is 7. The van der Waals surface area contributed by atoms with Gasteiger partial charge < -0.3 is 14.2 Å². The van der Waals surface area contributed by atoms with E-state index in [9.17, 15) is 18.0 Å². The first kappa shape index (κ1) is 22.1. The van der Waals surface area contributed by atoms with E-state index in [1.807, 2.05) is 0 Å². The van der Waals surface area contributed by atoms with Crippen LogP contribution in [-0.2, 0) is 19.6 Å². The minimum absolute atomic E-state index is 0.0149. The number of carbonyl (C=O) groups excluding carboxylic acids is 2. The van der Waals surface area contributed by atoms with E-state index in [2.05, 4.69) is 4.74 Å². The van der Waals surface area contributed by atoms with Crippen molar-refractivity contribution >= 4 is 28.0 Å². The van der Waals surface area contributed by atoms with Crippen LogP contribution in [0.5, 0.6) is 11.5 Å². The number of hydrogen-bond donors (Lipinski definition) is 0. The molecule has 154 valence electrons. The maximum Gasteiger partial charge on any atom is 0.337 e. The van der Waals surface area contributed by atoms with Crippen molar-refractivity contribution in [3.05, 3.63) is 59.7 Å². The van der Waals surface area contributed by atoms with Crippen LogP contribution in [0, 0.1) is 0 Å². The monoisotopic (exact) mass is 419 g/mol. The second-order valence-electron chi connectivity index (χ2n) is 5.97. The van der Waals surface area contributed by atoms with Crippen molar-refractivity contribution in [2.24, 2.45) is 0 Å². The van der Waals surface area contributed by atoms with Gasteiger partial charge in [-0.3, -0.25) is 0 Å². The minimum atomic E-state index is -3.72. The molecule has 0 amide bonds. The van der Waals surface area contributed by atoms with E-state index >= 15 is 0 Å².